The number of alkyl carbamates (subject to hydrolysis) is 1. The van der Waals surface area contributed by atoms with Gasteiger partial charge in [0, 0.05) is 25.6 Å². The number of hydrogen-bond acceptors (Lipinski definition) is 4. The van der Waals surface area contributed by atoms with Crippen LogP contribution in [0.2, 0.25) is 0 Å². The van der Waals surface area contributed by atoms with E-state index in [0.717, 1.165) is 12.8 Å². The molecule has 1 rings (SSSR count). The molecule has 1 amide bonds. The van der Waals surface area contributed by atoms with Crippen LogP contribution in [0.4, 0.5) is 4.79 Å². The summed E-state index contributed by atoms with van der Waals surface area (Å²) in [5.74, 6) is 0.280. The Morgan fingerprint density at radius 2 is 2.06 bits per heavy atom. The molecule has 3 atom stereocenters. The number of carbonyl (C=O) groups excluding carboxylic acids is 1. The van der Waals surface area contributed by atoms with Gasteiger partial charge in [-0.1, -0.05) is 0 Å². The van der Waals surface area contributed by atoms with Crippen molar-refractivity contribution in [3.05, 3.63) is 0 Å². The van der Waals surface area contributed by atoms with Crippen molar-refractivity contribution in [1.82, 2.24) is 5.32 Å². The zero-order valence-corrected chi connectivity index (χ0v) is 11.2. The molecule has 0 unspecified atom stereocenters. The number of carbonyl (C=O) groups is 1. The van der Waals surface area contributed by atoms with E-state index in [0.29, 0.717) is 6.54 Å². The third-order valence-corrected chi connectivity index (χ3v) is 2.88. The molecule has 1 aliphatic rings. The molecule has 0 saturated heterocycles. The van der Waals surface area contributed by atoms with Crippen LogP contribution in [0.3, 0.4) is 0 Å². The Kier molecular flexibility index (Phi) is 4.77. The molecule has 1 fully saturated rings. The highest BCUT2D eigenvalue weighted by Crippen LogP contribution is 2.26. The zero-order valence-electron chi connectivity index (χ0n) is 11.2. The van der Waals surface area contributed by atoms with Crippen LogP contribution >= 0.6 is 0 Å². The third-order valence-electron chi connectivity index (χ3n) is 2.88. The molecule has 1 aliphatic carbocycles. The minimum Gasteiger partial charge on any atom is -0.444 e. The van der Waals surface area contributed by atoms with E-state index in [1.807, 2.05) is 20.8 Å². The Bertz CT molecular complexity index is 263. The largest absolute Gasteiger partial charge is 0.444 e. The van der Waals surface area contributed by atoms with E-state index in [1.165, 1.54) is 0 Å². The molecule has 0 aromatic carbocycles. The zero-order chi connectivity index (χ0) is 13.1. The van der Waals surface area contributed by atoms with Crippen LogP contribution in [-0.4, -0.2) is 37.5 Å². The summed E-state index contributed by atoms with van der Waals surface area (Å²) in [5.41, 5.74) is 5.41. The number of hydrogen-bond donors (Lipinski definition) is 2. The molecular formula is C12H24N2O3. The number of methoxy groups -OCH3 is 1. The lowest BCUT2D eigenvalue weighted by Crippen LogP contribution is -2.37. The van der Waals surface area contributed by atoms with E-state index in [2.05, 4.69) is 5.32 Å². The Balaban J connectivity index is 2.33. The summed E-state index contributed by atoms with van der Waals surface area (Å²) in [6, 6.07) is 0.172. The van der Waals surface area contributed by atoms with Crippen LogP contribution in [0, 0.1) is 5.92 Å². The molecule has 0 aliphatic heterocycles. The smallest absolute Gasteiger partial charge is 0.407 e. The minimum atomic E-state index is -0.461. The molecule has 0 heterocycles. The molecule has 0 radical (unpaired) electrons. The van der Waals surface area contributed by atoms with E-state index in [9.17, 15) is 4.79 Å². The standard InChI is InChI=1S/C12H24N2O3/c1-12(2,3)17-11(15)14-7-8-5-9(13)6-10(8)16-4/h8-10H,5-7,13H2,1-4H3,(H,14,15)/t8-,9+,10-/m0/s1. The monoisotopic (exact) mass is 244 g/mol. The van der Waals surface area contributed by atoms with Crippen LogP contribution in [0.5, 0.6) is 0 Å². The lowest BCUT2D eigenvalue weighted by atomic mass is 10.1. The second kappa shape index (κ2) is 5.69. The van der Waals surface area contributed by atoms with Gasteiger partial charge in [-0.25, -0.2) is 4.79 Å². The predicted octanol–water partition coefficient (Wildman–Crippen LogP) is 1.26. The first kappa shape index (κ1) is 14.3. The molecule has 3 N–H and O–H groups in total. The average Bonchev–Trinajstić information content (AvgIpc) is 2.53. The van der Waals surface area contributed by atoms with Crippen LogP contribution < -0.4 is 11.1 Å². The van der Waals surface area contributed by atoms with Crippen LogP contribution in [0.1, 0.15) is 33.6 Å². The van der Waals surface area contributed by atoms with Gasteiger partial charge in [-0.05, 0) is 33.6 Å². The average molecular weight is 244 g/mol. The summed E-state index contributed by atoms with van der Waals surface area (Å²) >= 11 is 0. The van der Waals surface area contributed by atoms with Crippen LogP contribution in [0.15, 0.2) is 0 Å². The second-order valence-electron chi connectivity index (χ2n) is 5.65. The SMILES string of the molecule is CO[C@H]1C[C@H](N)C[C@H]1CNC(=O)OC(C)(C)C. The summed E-state index contributed by atoms with van der Waals surface area (Å²) in [7, 11) is 1.68. The van der Waals surface area contributed by atoms with Gasteiger partial charge in [0.2, 0.25) is 0 Å². The van der Waals surface area contributed by atoms with Gasteiger partial charge in [0.15, 0.2) is 0 Å². The predicted molar refractivity (Wildman–Crippen MR) is 65.7 cm³/mol. The van der Waals surface area contributed by atoms with Crippen molar-refractivity contribution in [2.45, 2.75) is 51.4 Å². The molecule has 0 aromatic heterocycles. The van der Waals surface area contributed by atoms with E-state index >= 15 is 0 Å². The van der Waals surface area contributed by atoms with Gasteiger partial charge < -0.3 is 20.5 Å². The second-order valence-corrected chi connectivity index (χ2v) is 5.65. The van der Waals surface area contributed by atoms with Gasteiger partial charge in [0.1, 0.15) is 5.60 Å². The summed E-state index contributed by atoms with van der Waals surface area (Å²) in [4.78, 5) is 11.5. The minimum absolute atomic E-state index is 0.139. The molecular weight excluding hydrogens is 220 g/mol. The van der Waals surface area contributed by atoms with Crippen molar-refractivity contribution >= 4 is 6.09 Å². The highest BCUT2D eigenvalue weighted by Gasteiger charge is 2.32. The number of amides is 1. The van der Waals surface area contributed by atoms with Crippen LogP contribution in [-0.2, 0) is 9.47 Å². The topological polar surface area (TPSA) is 73.6 Å². The molecule has 5 heteroatoms. The van der Waals surface area contributed by atoms with Crippen molar-refractivity contribution in [3.63, 3.8) is 0 Å². The Labute approximate surface area is 103 Å². The molecule has 100 valence electrons. The molecule has 17 heavy (non-hydrogen) atoms. The summed E-state index contributed by atoms with van der Waals surface area (Å²) in [6.45, 7) is 6.09. The number of nitrogens with one attached hydrogen (secondary N) is 1. The Hall–Kier alpha value is -0.810. The lowest BCUT2D eigenvalue weighted by Gasteiger charge is -2.22. The van der Waals surface area contributed by atoms with E-state index < -0.39 is 5.60 Å². The maximum Gasteiger partial charge on any atom is 0.407 e. The van der Waals surface area contributed by atoms with Gasteiger partial charge in [0.25, 0.3) is 0 Å². The lowest BCUT2D eigenvalue weighted by molar-refractivity contribution is 0.0457. The fourth-order valence-corrected chi connectivity index (χ4v) is 2.16. The molecule has 1 saturated carbocycles. The molecule has 0 bridgehead atoms. The van der Waals surface area contributed by atoms with E-state index in [-0.39, 0.29) is 24.2 Å². The Morgan fingerprint density at radius 1 is 1.41 bits per heavy atom. The maximum atomic E-state index is 11.5. The number of ether oxygens (including phenoxy) is 2. The summed E-state index contributed by atoms with van der Waals surface area (Å²) in [6.07, 6.45) is 1.50. The summed E-state index contributed by atoms with van der Waals surface area (Å²) < 4.78 is 10.5. The van der Waals surface area contributed by atoms with Crippen LogP contribution in [0.25, 0.3) is 0 Å². The number of nitrogens with two attached hydrogens (primary N) is 1. The summed E-state index contributed by atoms with van der Waals surface area (Å²) in [5, 5.41) is 2.77. The van der Waals surface area contributed by atoms with Gasteiger partial charge in [-0.2, -0.15) is 0 Å². The van der Waals surface area contributed by atoms with Gasteiger partial charge in [-0.15, -0.1) is 0 Å². The number of rotatable bonds is 3. The van der Waals surface area contributed by atoms with Crippen molar-refractivity contribution in [2.24, 2.45) is 11.7 Å². The van der Waals surface area contributed by atoms with Gasteiger partial charge in [-0.3, -0.25) is 0 Å². The highest BCUT2D eigenvalue weighted by molar-refractivity contribution is 5.67. The van der Waals surface area contributed by atoms with Crippen molar-refractivity contribution < 1.29 is 14.3 Å². The fraction of sp³-hybridized carbons (Fsp3) is 0.917. The Morgan fingerprint density at radius 3 is 2.59 bits per heavy atom. The molecule has 5 nitrogen and oxygen atoms in total. The highest BCUT2D eigenvalue weighted by atomic mass is 16.6. The van der Waals surface area contributed by atoms with Crippen molar-refractivity contribution in [1.29, 1.82) is 0 Å². The van der Waals surface area contributed by atoms with Crippen molar-refractivity contribution in [2.75, 3.05) is 13.7 Å². The normalized spacial score (nSPS) is 29.1. The van der Waals surface area contributed by atoms with Gasteiger partial charge >= 0.3 is 6.09 Å². The molecule has 0 aromatic rings. The first-order chi connectivity index (χ1) is 7.81. The van der Waals surface area contributed by atoms with Crippen molar-refractivity contribution in [3.8, 4) is 0 Å². The third kappa shape index (κ3) is 4.91. The maximum absolute atomic E-state index is 11.5. The first-order valence-corrected chi connectivity index (χ1v) is 6.07. The van der Waals surface area contributed by atoms with Gasteiger partial charge in [0.05, 0.1) is 6.10 Å². The van der Waals surface area contributed by atoms with E-state index in [1.54, 1.807) is 7.11 Å². The van der Waals surface area contributed by atoms with E-state index in [4.69, 9.17) is 15.2 Å². The quantitative estimate of drug-likeness (QED) is 0.784. The molecule has 0 spiro atoms. The first-order valence-electron chi connectivity index (χ1n) is 6.07. The fourth-order valence-electron chi connectivity index (χ4n) is 2.16.